The van der Waals surface area contributed by atoms with E-state index in [1.807, 2.05) is 30.3 Å². The van der Waals surface area contributed by atoms with E-state index in [9.17, 15) is 19.5 Å². The number of nitrogens with zero attached hydrogens (tertiary/aromatic N) is 3. The average molecular weight is 526 g/mol. The molecule has 3 aliphatic heterocycles. The number of fused-ring (bicyclic) bond motifs is 1. The number of likely N-dealkylation sites (tertiary alicyclic amines) is 1. The number of amides is 3. The van der Waals surface area contributed by atoms with Crippen molar-refractivity contribution in [1.82, 2.24) is 14.7 Å². The van der Waals surface area contributed by atoms with E-state index in [1.165, 1.54) is 0 Å². The van der Waals surface area contributed by atoms with Crippen molar-refractivity contribution in [2.24, 2.45) is 11.8 Å². The number of benzene rings is 1. The quantitative estimate of drug-likeness (QED) is 0.424. The van der Waals surface area contributed by atoms with E-state index in [4.69, 9.17) is 0 Å². The molecule has 200 valence electrons. The summed E-state index contributed by atoms with van der Waals surface area (Å²) in [6.07, 6.45) is 6.68. The summed E-state index contributed by atoms with van der Waals surface area (Å²) in [6, 6.07) is 7.97. The van der Waals surface area contributed by atoms with Gasteiger partial charge in [-0.2, -0.15) is 0 Å². The van der Waals surface area contributed by atoms with E-state index >= 15 is 0 Å². The van der Waals surface area contributed by atoms with Crippen molar-refractivity contribution in [2.75, 3.05) is 33.3 Å². The first-order chi connectivity index (χ1) is 17.9. The van der Waals surface area contributed by atoms with Crippen LogP contribution >= 0.6 is 11.8 Å². The number of carbonyl (C=O) groups is 3. The number of carbonyl (C=O) groups excluding carboxylic acids is 3. The zero-order chi connectivity index (χ0) is 26.7. The molecule has 0 aliphatic carbocycles. The molecule has 3 aliphatic rings. The van der Waals surface area contributed by atoms with Gasteiger partial charge in [0.25, 0.3) is 0 Å². The number of thioether (sulfide) groups is 1. The Kier molecular flexibility index (Phi) is 8.49. The highest BCUT2D eigenvalue weighted by Gasteiger charge is 2.74. The number of aliphatic hydroxyl groups excluding tert-OH is 1. The highest BCUT2D eigenvalue weighted by molar-refractivity contribution is 8.02. The van der Waals surface area contributed by atoms with Crippen molar-refractivity contribution in [3.8, 4) is 0 Å². The smallest absolute Gasteiger partial charge is 0.247 e. The molecule has 2 unspecified atom stereocenters. The van der Waals surface area contributed by atoms with Crippen LogP contribution in [0.2, 0.25) is 0 Å². The molecule has 0 aromatic heterocycles. The lowest BCUT2D eigenvalue weighted by atomic mass is 9.70. The topological polar surface area (TPSA) is 81.2 Å². The van der Waals surface area contributed by atoms with Gasteiger partial charge in [0, 0.05) is 31.9 Å². The molecule has 1 aromatic rings. The zero-order valence-corrected chi connectivity index (χ0v) is 22.7. The molecule has 3 heterocycles. The number of hydrogen-bond donors (Lipinski definition) is 1. The Hall–Kier alpha value is -2.58. The molecule has 0 radical (unpaired) electrons. The van der Waals surface area contributed by atoms with Crippen LogP contribution in [-0.4, -0.2) is 86.9 Å². The first-order valence-corrected chi connectivity index (χ1v) is 14.2. The zero-order valence-electron chi connectivity index (χ0n) is 21.9. The van der Waals surface area contributed by atoms with Gasteiger partial charge in [-0.05, 0) is 24.8 Å². The molecule has 37 heavy (non-hydrogen) atoms. The van der Waals surface area contributed by atoms with Gasteiger partial charge in [-0.15, -0.1) is 24.9 Å². The Bertz CT molecular complexity index is 1030. The summed E-state index contributed by atoms with van der Waals surface area (Å²) < 4.78 is -0.692. The highest BCUT2D eigenvalue weighted by Crippen LogP contribution is 2.67. The van der Waals surface area contributed by atoms with Gasteiger partial charge in [-0.1, -0.05) is 55.8 Å². The number of unbranched alkanes of at least 4 members (excludes halogenated alkanes) is 1. The van der Waals surface area contributed by atoms with E-state index < -0.39 is 28.7 Å². The Labute approximate surface area is 224 Å². The summed E-state index contributed by atoms with van der Waals surface area (Å²) in [5.41, 5.74) is 0.780. The maximum atomic E-state index is 14.4. The molecule has 3 saturated heterocycles. The second-order valence-corrected chi connectivity index (χ2v) is 11.9. The first-order valence-electron chi connectivity index (χ1n) is 13.3. The third-order valence-electron chi connectivity index (χ3n) is 8.17. The van der Waals surface area contributed by atoms with Crippen LogP contribution in [0.3, 0.4) is 0 Å². The molecule has 0 saturated carbocycles. The molecule has 7 nitrogen and oxygen atoms in total. The fourth-order valence-electron chi connectivity index (χ4n) is 6.52. The van der Waals surface area contributed by atoms with Gasteiger partial charge in [0.15, 0.2) is 0 Å². The average Bonchev–Trinajstić information content (AvgIpc) is 3.55. The number of likely N-dealkylation sites (N-methyl/N-ethyl adjacent to an activating group) is 1. The van der Waals surface area contributed by atoms with E-state index in [1.54, 1.807) is 45.7 Å². The Balaban J connectivity index is 1.81. The minimum absolute atomic E-state index is 0.000960. The minimum atomic E-state index is -0.753. The molecule has 1 aromatic carbocycles. The van der Waals surface area contributed by atoms with Gasteiger partial charge in [0.1, 0.15) is 6.04 Å². The van der Waals surface area contributed by atoms with Crippen LogP contribution in [0, 0.1) is 11.8 Å². The van der Waals surface area contributed by atoms with Crippen LogP contribution in [0.15, 0.2) is 55.6 Å². The van der Waals surface area contributed by atoms with Crippen molar-refractivity contribution in [3.05, 3.63) is 61.2 Å². The summed E-state index contributed by atoms with van der Waals surface area (Å²) in [5, 5.41) is 10.6. The third-order valence-corrected chi connectivity index (χ3v) is 10.1. The lowest BCUT2D eigenvalue weighted by molar-refractivity contribution is -0.147. The second-order valence-electron chi connectivity index (χ2n) is 10.3. The van der Waals surface area contributed by atoms with Gasteiger partial charge in [-0.3, -0.25) is 14.4 Å². The van der Waals surface area contributed by atoms with Crippen molar-refractivity contribution >= 4 is 29.5 Å². The number of rotatable bonds is 12. The van der Waals surface area contributed by atoms with Crippen LogP contribution in [0.4, 0.5) is 0 Å². The molecular formula is C29H39N3O4S. The Morgan fingerprint density at radius 2 is 1.92 bits per heavy atom. The molecule has 3 fully saturated rings. The fourth-order valence-corrected chi connectivity index (χ4v) is 8.72. The predicted octanol–water partition coefficient (Wildman–Crippen LogP) is 3.27. The monoisotopic (exact) mass is 525 g/mol. The molecule has 8 heteroatoms. The van der Waals surface area contributed by atoms with Crippen molar-refractivity contribution < 1.29 is 19.5 Å². The van der Waals surface area contributed by atoms with Crippen LogP contribution < -0.4 is 0 Å². The van der Waals surface area contributed by atoms with E-state index in [0.717, 1.165) is 24.8 Å². The molecule has 1 spiro atoms. The first kappa shape index (κ1) is 27.5. The normalized spacial score (nSPS) is 28.6. The van der Waals surface area contributed by atoms with Gasteiger partial charge < -0.3 is 19.8 Å². The summed E-state index contributed by atoms with van der Waals surface area (Å²) in [7, 11) is 1.74. The standard InChI is InChI=1S/C29H39N3O4S/c1-5-8-18-31(17-7-3)28(36)25-29-15-14-22(37-29)23(26(34)30(4)16-6-2)24(29)27(35)32(25)21(19-33)20-12-10-9-11-13-20/h6-7,9-13,21-25,33H,2-3,5,8,14-19H2,1,4H3/t21-,22+,23-,24+,25?,29?/m1/s1. The molecule has 6 atom stereocenters. The minimum Gasteiger partial charge on any atom is -0.394 e. The summed E-state index contributed by atoms with van der Waals surface area (Å²) in [4.78, 5) is 47.4. The second kappa shape index (κ2) is 11.4. The van der Waals surface area contributed by atoms with Gasteiger partial charge in [-0.25, -0.2) is 0 Å². The SMILES string of the molecule is C=CCN(C)C(=O)[C@@H]1[C@@H]2CCC3(S2)C(C(=O)N(CC=C)CCCC)N([C@H](CO)c2ccccc2)C(=O)[C@H]13. The summed E-state index contributed by atoms with van der Waals surface area (Å²) >= 11 is 1.66. The highest BCUT2D eigenvalue weighted by atomic mass is 32.2. The van der Waals surface area contributed by atoms with Gasteiger partial charge >= 0.3 is 0 Å². The maximum Gasteiger partial charge on any atom is 0.247 e. The lowest BCUT2D eigenvalue weighted by Gasteiger charge is -2.39. The molecule has 3 amide bonds. The Morgan fingerprint density at radius 3 is 2.54 bits per heavy atom. The van der Waals surface area contributed by atoms with Crippen LogP contribution in [-0.2, 0) is 14.4 Å². The van der Waals surface area contributed by atoms with E-state index in [2.05, 4.69) is 20.1 Å². The van der Waals surface area contributed by atoms with Crippen LogP contribution in [0.25, 0.3) is 0 Å². The van der Waals surface area contributed by atoms with E-state index in [0.29, 0.717) is 26.1 Å². The summed E-state index contributed by atoms with van der Waals surface area (Å²) in [5.74, 6) is -1.47. The van der Waals surface area contributed by atoms with E-state index in [-0.39, 0.29) is 29.6 Å². The molecule has 4 rings (SSSR count). The van der Waals surface area contributed by atoms with Crippen LogP contribution in [0.5, 0.6) is 0 Å². The number of aliphatic hydroxyl groups is 1. The molecular weight excluding hydrogens is 486 g/mol. The van der Waals surface area contributed by atoms with Crippen molar-refractivity contribution in [2.45, 2.75) is 54.7 Å². The van der Waals surface area contributed by atoms with Gasteiger partial charge in [0.05, 0.1) is 29.2 Å². The van der Waals surface area contributed by atoms with Crippen LogP contribution in [0.1, 0.15) is 44.2 Å². The summed E-state index contributed by atoms with van der Waals surface area (Å²) in [6.45, 7) is 10.8. The molecule has 1 N–H and O–H groups in total. The largest absolute Gasteiger partial charge is 0.394 e. The van der Waals surface area contributed by atoms with Gasteiger partial charge in [0.2, 0.25) is 17.7 Å². The molecule has 2 bridgehead atoms. The van der Waals surface area contributed by atoms with Crippen molar-refractivity contribution in [1.29, 1.82) is 0 Å². The lowest BCUT2D eigenvalue weighted by Crippen LogP contribution is -2.56. The number of hydrogen-bond acceptors (Lipinski definition) is 5. The third kappa shape index (κ3) is 4.63. The Morgan fingerprint density at radius 1 is 1.22 bits per heavy atom. The fraction of sp³-hybridized carbons (Fsp3) is 0.552. The van der Waals surface area contributed by atoms with Crippen molar-refractivity contribution in [3.63, 3.8) is 0 Å². The predicted molar refractivity (Wildman–Crippen MR) is 147 cm³/mol. The maximum absolute atomic E-state index is 14.4.